The van der Waals surface area contributed by atoms with Crippen molar-refractivity contribution in [3.63, 3.8) is 0 Å². The van der Waals surface area contributed by atoms with E-state index in [1.807, 2.05) is 52.0 Å². The van der Waals surface area contributed by atoms with Gasteiger partial charge < -0.3 is 15.4 Å². The molecule has 0 heterocycles. The summed E-state index contributed by atoms with van der Waals surface area (Å²) in [5.74, 6) is 1.73. The second-order valence-corrected chi connectivity index (χ2v) is 11.2. The van der Waals surface area contributed by atoms with Gasteiger partial charge >= 0.3 is 0 Å². The molecule has 160 valence electrons. The Morgan fingerprint density at radius 3 is 2.32 bits per heavy atom. The molecule has 6 nitrogen and oxygen atoms in total. The van der Waals surface area contributed by atoms with Gasteiger partial charge in [0.25, 0.3) is 0 Å². The van der Waals surface area contributed by atoms with E-state index in [9.17, 15) is 8.42 Å². The molecule has 0 bridgehead atoms. The fraction of sp³-hybridized carbons (Fsp3) is 0.667. The topological polar surface area (TPSA) is 79.8 Å². The van der Waals surface area contributed by atoms with Crippen molar-refractivity contribution >= 4 is 15.8 Å². The van der Waals surface area contributed by atoms with E-state index in [0.29, 0.717) is 25.5 Å². The number of ether oxygens (including phenoxy) is 1. The van der Waals surface area contributed by atoms with Gasteiger partial charge in [-0.15, -0.1) is 0 Å². The second kappa shape index (κ2) is 10.1. The van der Waals surface area contributed by atoms with Crippen LogP contribution in [0.4, 0.5) is 0 Å². The number of nitrogens with zero attached hydrogens (tertiary/aromatic N) is 1. The van der Waals surface area contributed by atoms with Gasteiger partial charge in [-0.25, -0.2) is 13.4 Å². The second-order valence-electron chi connectivity index (χ2n) is 8.91. The quantitative estimate of drug-likeness (QED) is 0.481. The number of hydrogen-bond acceptors (Lipinski definition) is 4. The molecule has 0 aliphatic heterocycles. The van der Waals surface area contributed by atoms with Crippen LogP contribution in [0.1, 0.15) is 53.5 Å². The van der Waals surface area contributed by atoms with Gasteiger partial charge in [0.1, 0.15) is 21.2 Å². The van der Waals surface area contributed by atoms with Gasteiger partial charge in [0.2, 0.25) is 0 Å². The SMILES string of the molecule is CCNC(=NCc1ccccc1OC(C)(C)C)NCC(C)(C)CCS(C)(=O)=O. The number of hydrogen-bond donors (Lipinski definition) is 2. The van der Waals surface area contributed by atoms with Gasteiger partial charge in [-0.05, 0) is 45.6 Å². The van der Waals surface area contributed by atoms with Crippen LogP contribution in [-0.4, -0.2) is 45.1 Å². The molecule has 0 fully saturated rings. The molecular weight excluding hydrogens is 374 g/mol. The number of aliphatic imine (C=N–C) groups is 1. The van der Waals surface area contributed by atoms with Crippen LogP contribution < -0.4 is 15.4 Å². The van der Waals surface area contributed by atoms with Crippen molar-refractivity contribution in [1.82, 2.24) is 10.6 Å². The van der Waals surface area contributed by atoms with Crippen molar-refractivity contribution in [2.45, 2.75) is 60.1 Å². The van der Waals surface area contributed by atoms with Crippen molar-refractivity contribution in [3.8, 4) is 5.75 Å². The molecule has 0 amide bonds. The van der Waals surface area contributed by atoms with Crippen LogP contribution in [0.25, 0.3) is 0 Å². The number of para-hydroxylation sites is 1. The summed E-state index contributed by atoms with van der Waals surface area (Å²) in [6.45, 7) is 14.1. The van der Waals surface area contributed by atoms with E-state index in [0.717, 1.165) is 17.9 Å². The maximum atomic E-state index is 11.4. The van der Waals surface area contributed by atoms with Crippen molar-refractivity contribution in [1.29, 1.82) is 0 Å². The predicted octanol–water partition coefficient (Wildman–Crippen LogP) is 3.38. The molecule has 2 N–H and O–H groups in total. The third kappa shape index (κ3) is 10.5. The lowest BCUT2D eigenvalue weighted by Gasteiger charge is -2.26. The summed E-state index contributed by atoms with van der Waals surface area (Å²) in [5.41, 5.74) is 0.588. The Bertz CT molecular complexity index is 750. The third-order valence-electron chi connectivity index (χ3n) is 4.02. The number of benzene rings is 1. The summed E-state index contributed by atoms with van der Waals surface area (Å²) < 4.78 is 28.9. The maximum Gasteiger partial charge on any atom is 0.191 e. The highest BCUT2D eigenvalue weighted by atomic mass is 32.2. The minimum atomic E-state index is -2.96. The van der Waals surface area contributed by atoms with Gasteiger partial charge in [-0.3, -0.25) is 0 Å². The molecule has 1 aromatic carbocycles. The maximum absolute atomic E-state index is 11.4. The first-order chi connectivity index (χ1) is 12.8. The number of nitrogens with one attached hydrogen (secondary N) is 2. The lowest BCUT2D eigenvalue weighted by atomic mass is 9.90. The molecule has 0 radical (unpaired) electrons. The Balaban J connectivity index is 2.80. The Morgan fingerprint density at radius 2 is 1.75 bits per heavy atom. The van der Waals surface area contributed by atoms with Crippen LogP contribution in [0, 0.1) is 5.41 Å². The van der Waals surface area contributed by atoms with E-state index < -0.39 is 9.84 Å². The zero-order chi connectivity index (χ0) is 21.4. The van der Waals surface area contributed by atoms with Crippen molar-refractivity contribution < 1.29 is 13.2 Å². The van der Waals surface area contributed by atoms with E-state index in [1.54, 1.807) is 0 Å². The average molecular weight is 412 g/mol. The van der Waals surface area contributed by atoms with E-state index in [2.05, 4.69) is 29.5 Å². The molecule has 0 aliphatic carbocycles. The first kappa shape index (κ1) is 24.3. The van der Waals surface area contributed by atoms with Crippen molar-refractivity contribution in [3.05, 3.63) is 29.8 Å². The van der Waals surface area contributed by atoms with Crippen molar-refractivity contribution in [2.24, 2.45) is 10.4 Å². The Kier molecular flexibility index (Phi) is 8.79. The van der Waals surface area contributed by atoms with E-state index in [-0.39, 0.29) is 16.8 Å². The number of rotatable bonds is 9. The van der Waals surface area contributed by atoms with Crippen LogP contribution in [0.5, 0.6) is 5.75 Å². The van der Waals surface area contributed by atoms with Gasteiger partial charge in [-0.2, -0.15) is 0 Å². The van der Waals surface area contributed by atoms with Crippen LogP contribution in [0.3, 0.4) is 0 Å². The number of sulfone groups is 1. The molecular formula is C21H37N3O3S. The van der Waals surface area contributed by atoms with Gasteiger partial charge in [0, 0.05) is 24.9 Å². The normalized spacial score (nSPS) is 13.3. The minimum Gasteiger partial charge on any atom is -0.488 e. The summed E-state index contributed by atoms with van der Waals surface area (Å²) in [5, 5.41) is 6.58. The smallest absolute Gasteiger partial charge is 0.191 e. The highest BCUT2D eigenvalue weighted by Crippen LogP contribution is 2.24. The molecule has 0 saturated carbocycles. The Labute approximate surface area is 171 Å². The first-order valence-electron chi connectivity index (χ1n) is 9.78. The Hall–Kier alpha value is -1.76. The lowest BCUT2D eigenvalue weighted by molar-refractivity contribution is 0.129. The average Bonchev–Trinajstić information content (AvgIpc) is 2.55. The zero-order valence-electron chi connectivity index (χ0n) is 18.4. The summed E-state index contributed by atoms with van der Waals surface area (Å²) >= 11 is 0. The van der Waals surface area contributed by atoms with E-state index >= 15 is 0 Å². The molecule has 1 rings (SSSR count). The Morgan fingerprint density at radius 1 is 1.11 bits per heavy atom. The summed E-state index contributed by atoms with van der Waals surface area (Å²) in [6.07, 6.45) is 1.87. The highest BCUT2D eigenvalue weighted by Gasteiger charge is 2.20. The summed E-state index contributed by atoms with van der Waals surface area (Å²) in [6, 6.07) is 7.92. The molecule has 0 unspecified atom stereocenters. The minimum absolute atomic E-state index is 0.160. The molecule has 28 heavy (non-hydrogen) atoms. The fourth-order valence-corrected chi connectivity index (χ4v) is 3.37. The fourth-order valence-electron chi connectivity index (χ4n) is 2.44. The van der Waals surface area contributed by atoms with Gasteiger partial charge in [-0.1, -0.05) is 32.0 Å². The molecule has 0 saturated heterocycles. The van der Waals surface area contributed by atoms with E-state index in [4.69, 9.17) is 4.74 Å². The summed E-state index contributed by atoms with van der Waals surface area (Å²) in [4.78, 5) is 4.68. The zero-order valence-corrected chi connectivity index (χ0v) is 19.2. The number of guanidine groups is 1. The molecule has 0 spiro atoms. The summed E-state index contributed by atoms with van der Waals surface area (Å²) in [7, 11) is -2.96. The molecule has 7 heteroatoms. The van der Waals surface area contributed by atoms with Crippen LogP contribution in [0.2, 0.25) is 0 Å². The predicted molar refractivity (Wildman–Crippen MR) is 118 cm³/mol. The van der Waals surface area contributed by atoms with Gasteiger partial charge in [0.15, 0.2) is 5.96 Å². The molecule has 0 atom stereocenters. The third-order valence-corrected chi connectivity index (χ3v) is 4.97. The largest absolute Gasteiger partial charge is 0.488 e. The van der Waals surface area contributed by atoms with Crippen LogP contribution >= 0.6 is 0 Å². The van der Waals surface area contributed by atoms with Crippen LogP contribution in [-0.2, 0) is 16.4 Å². The van der Waals surface area contributed by atoms with Crippen LogP contribution in [0.15, 0.2) is 29.3 Å². The monoisotopic (exact) mass is 411 g/mol. The molecule has 1 aromatic rings. The van der Waals surface area contributed by atoms with E-state index in [1.165, 1.54) is 6.26 Å². The molecule has 0 aromatic heterocycles. The highest BCUT2D eigenvalue weighted by molar-refractivity contribution is 7.90. The lowest BCUT2D eigenvalue weighted by Crippen LogP contribution is -2.42. The molecule has 0 aliphatic rings. The van der Waals surface area contributed by atoms with Gasteiger partial charge in [0.05, 0.1) is 12.3 Å². The first-order valence-corrected chi connectivity index (χ1v) is 11.8. The van der Waals surface area contributed by atoms with Crippen molar-refractivity contribution in [2.75, 3.05) is 25.1 Å². The standard InChI is InChI=1S/C21H37N3O3S/c1-8-22-19(24-16-21(5,6)13-14-28(7,25)26)23-15-17-11-9-10-12-18(17)27-20(2,3)4/h9-12H,8,13-16H2,1-7H3,(H2,22,23,24).